The molecule has 7 nitrogen and oxygen atoms in total. The predicted molar refractivity (Wildman–Crippen MR) is 112 cm³/mol. The quantitative estimate of drug-likeness (QED) is 0.584. The number of ether oxygens (including phenoxy) is 1. The number of rotatable bonds is 3. The van der Waals surface area contributed by atoms with E-state index in [9.17, 15) is 4.79 Å². The predicted octanol–water partition coefficient (Wildman–Crippen LogP) is 3.29. The SMILES string of the molecule is CC1(C)COc2ccc(-n3c(=O)[nH]c4ncccc43)nc2N1Cc1ccccc1. The lowest BCUT2D eigenvalue weighted by molar-refractivity contribution is 0.208. The summed E-state index contributed by atoms with van der Waals surface area (Å²) in [5.74, 6) is 1.98. The maximum atomic E-state index is 12.6. The van der Waals surface area contributed by atoms with Crippen LogP contribution in [0, 0.1) is 0 Å². The molecule has 4 aromatic rings. The lowest BCUT2D eigenvalue weighted by Gasteiger charge is -2.43. The summed E-state index contributed by atoms with van der Waals surface area (Å²) in [6, 6.07) is 17.6. The molecule has 1 aliphatic rings. The molecule has 5 rings (SSSR count). The Morgan fingerprint density at radius 1 is 1.10 bits per heavy atom. The first-order chi connectivity index (χ1) is 14.0. The lowest BCUT2D eigenvalue weighted by Crippen LogP contribution is -2.51. The Morgan fingerprint density at radius 3 is 2.76 bits per heavy atom. The minimum atomic E-state index is -0.267. The highest BCUT2D eigenvalue weighted by molar-refractivity contribution is 5.73. The summed E-state index contributed by atoms with van der Waals surface area (Å²) in [6.45, 7) is 5.53. The lowest BCUT2D eigenvalue weighted by atomic mass is 10.0. The van der Waals surface area contributed by atoms with Crippen molar-refractivity contribution in [3.63, 3.8) is 0 Å². The highest BCUT2D eigenvalue weighted by Crippen LogP contribution is 2.38. The third kappa shape index (κ3) is 2.95. The van der Waals surface area contributed by atoms with Crippen LogP contribution in [0.3, 0.4) is 0 Å². The van der Waals surface area contributed by atoms with Crippen molar-refractivity contribution in [2.45, 2.75) is 25.9 Å². The van der Waals surface area contributed by atoms with Gasteiger partial charge in [0.1, 0.15) is 12.4 Å². The van der Waals surface area contributed by atoms with E-state index in [4.69, 9.17) is 9.72 Å². The molecule has 4 heterocycles. The van der Waals surface area contributed by atoms with E-state index in [0.717, 1.165) is 11.6 Å². The largest absolute Gasteiger partial charge is 0.487 e. The fraction of sp³-hybridized carbons (Fsp3) is 0.227. The van der Waals surface area contributed by atoms with Crippen LogP contribution in [0.2, 0.25) is 0 Å². The highest BCUT2D eigenvalue weighted by Gasteiger charge is 2.35. The van der Waals surface area contributed by atoms with Crippen LogP contribution >= 0.6 is 0 Å². The van der Waals surface area contributed by atoms with E-state index in [1.165, 1.54) is 5.56 Å². The molecule has 0 saturated carbocycles. The van der Waals surface area contributed by atoms with Gasteiger partial charge in [-0.15, -0.1) is 0 Å². The first-order valence-corrected chi connectivity index (χ1v) is 9.54. The Labute approximate surface area is 167 Å². The molecule has 0 radical (unpaired) electrons. The fourth-order valence-corrected chi connectivity index (χ4v) is 3.70. The zero-order chi connectivity index (χ0) is 20.0. The first kappa shape index (κ1) is 17.5. The molecule has 1 aliphatic heterocycles. The molecular formula is C22H21N5O2. The summed E-state index contributed by atoms with van der Waals surface area (Å²) in [5.41, 5.74) is 1.90. The number of hydrogen-bond donors (Lipinski definition) is 1. The molecule has 0 atom stereocenters. The van der Waals surface area contributed by atoms with Gasteiger partial charge in [-0.2, -0.15) is 0 Å². The molecule has 146 valence electrons. The Balaban J connectivity index is 1.65. The molecule has 0 unspecified atom stereocenters. The van der Waals surface area contributed by atoms with Crippen LogP contribution in [-0.4, -0.2) is 31.7 Å². The van der Waals surface area contributed by atoms with Crippen molar-refractivity contribution in [3.05, 3.63) is 76.8 Å². The number of pyridine rings is 2. The maximum absolute atomic E-state index is 12.6. The molecule has 0 amide bonds. The number of H-pyrrole nitrogens is 1. The minimum Gasteiger partial charge on any atom is -0.487 e. The molecule has 3 aromatic heterocycles. The van der Waals surface area contributed by atoms with Crippen molar-refractivity contribution in [3.8, 4) is 11.6 Å². The molecular weight excluding hydrogens is 366 g/mol. The van der Waals surface area contributed by atoms with E-state index >= 15 is 0 Å². The fourth-order valence-electron chi connectivity index (χ4n) is 3.70. The second-order valence-corrected chi connectivity index (χ2v) is 7.80. The number of nitrogens with zero attached hydrogens (tertiary/aromatic N) is 4. The van der Waals surface area contributed by atoms with Crippen molar-refractivity contribution in [2.75, 3.05) is 11.5 Å². The van der Waals surface area contributed by atoms with Gasteiger partial charge in [0.05, 0.1) is 11.1 Å². The van der Waals surface area contributed by atoms with E-state index in [0.29, 0.717) is 30.1 Å². The van der Waals surface area contributed by atoms with Crippen molar-refractivity contribution >= 4 is 17.0 Å². The summed E-state index contributed by atoms with van der Waals surface area (Å²) >= 11 is 0. The zero-order valence-corrected chi connectivity index (χ0v) is 16.3. The Kier molecular flexibility index (Phi) is 3.91. The normalized spacial score (nSPS) is 15.2. The number of fused-ring (bicyclic) bond motifs is 2. The van der Waals surface area contributed by atoms with Crippen LogP contribution in [-0.2, 0) is 6.54 Å². The highest BCUT2D eigenvalue weighted by atomic mass is 16.5. The third-order valence-corrected chi connectivity index (χ3v) is 5.26. The van der Waals surface area contributed by atoms with Crippen molar-refractivity contribution in [1.29, 1.82) is 0 Å². The Bertz CT molecular complexity index is 1240. The number of imidazole rings is 1. The van der Waals surface area contributed by atoms with Gasteiger partial charge in [0.25, 0.3) is 0 Å². The van der Waals surface area contributed by atoms with Gasteiger partial charge < -0.3 is 9.64 Å². The van der Waals surface area contributed by atoms with E-state index < -0.39 is 0 Å². The summed E-state index contributed by atoms with van der Waals surface area (Å²) in [6.07, 6.45) is 1.65. The number of benzene rings is 1. The number of aromatic nitrogens is 4. The van der Waals surface area contributed by atoms with Crippen LogP contribution in [0.1, 0.15) is 19.4 Å². The average Bonchev–Trinajstić information content (AvgIpc) is 3.06. The molecule has 7 heteroatoms. The smallest absolute Gasteiger partial charge is 0.333 e. The maximum Gasteiger partial charge on any atom is 0.333 e. The van der Waals surface area contributed by atoms with Gasteiger partial charge in [-0.3, -0.25) is 4.98 Å². The second kappa shape index (κ2) is 6.48. The summed E-state index contributed by atoms with van der Waals surface area (Å²) in [4.78, 5) is 26.7. The number of hydrogen-bond acceptors (Lipinski definition) is 5. The molecule has 29 heavy (non-hydrogen) atoms. The van der Waals surface area contributed by atoms with Crippen LogP contribution in [0.15, 0.2) is 65.6 Å². The van der Waals surface area contributed by atoms with Gasteiger partial charge in [-0.05, 0) is 43.7 Å². The van der Waals surface area contributed by atoms with Crippen LogP contribution < -0.4 is 15.3 Å². The van der Waals surface area contributed by atoms with Crippen LogP contribution in [0.4, 0.5) is 5.82 Å². The number of anilines is 1. The first-order valence-electron chi connectivity index (χ1n) is 9.54. The molecule has 1 aromatic carbocycles. The standard InChI is InChI=1S/C22H21N5O2/c1-22(2)14-29-17-10-11-18(27-16-9-6-12-23-19(16)25-21(27)28)24-20(17)26(22)13-15-7-4-3-5-8-15/h3-12H,13-14H2,1-2H3,(H,23,25,28). The topological polar surface area (TPSA) is 76.0 Å². The van der Waals surface area contributed by atoms with Crippen molar-refractivity contribution in [1.82, 2.24) is 19.5 Å². The summed E-state index contributed by atoms with van der Waals surface area (Å²) in [7, 11) is 0. The van der Waals surface area contributed by atoms with E-state index in [1.54, 1.807) is 22.9 Å². The number of aromatic amines is 1. The van der Waals surface area contributed by atoms with E-state index in [2.05, 4.69) is 40.8 Å². The Morgan fingerprint density at radius 2 is 1.93 bits per heavy atom. The zero-order valence-electron chi connectivity index (χ0n) is 16.3. The molecule has 0 spiro atoms. The summed E-state index contributed by atoms with van der Waals surface area (Å²) in [5, 5.41) is 0. The summed E-state index contributed by atoms with van der Waals surface area (Å²) < 4.78 is 7.53. The molecule has 0 fully saturated rings. The van der Waals surface area contributed by atoms with Gasteiger partial charge in [-0.25, -0.2) is 19.3 Å². The van der Waals surface area contributed by atoms with Crippen LogP contribution in [0.5, 0.6) is 5.75 Å². The molecule has 0 aliphatic carbocycles. The van der Waals surface area contributed by atoms with Gasteiger partial charge >= 0.3 is 5.69 Å². The van der Waals surface area contributed by atoms with E-state index in [-0.39, 0.29) is 11.2 Å². The number of nitrogens with one attached hydrogen (secondary N) is 1. The van der Waals surface area contributed by atoms with Crippen LogP contribution in [0.25, 0.3) is 17.0 Å². The van der Waals surface area contributed by atoms with Gasteiger partial charge in [0, 0.05) is 12.7 Å². The molecule has 0 bridgehead atoms. The van der Waals surface area contributed by atoms with E-state index in [1.807, 2.05) is 30.3 Å². The van der Waals surface area contributed by atoms with Gasteiger partial charge in [0.2, 0.25) is 0 Å². The molecule has 1 N–H and O–H groups in total. The van der Waals surface area contributed by atoms with Crippen molar-refractivity contribution < 1.29 is 4.74 Å². The third-order valence-electron chi connectivity index (χ3n) is 5.26. The van der Waals surface area contributed by atoms with Crippen molar-refractivity contribution in [2.24, 2.45) is 0 Å². The molecule has 0 saturated heterocycles. The van der Waals surface area contributed by atoms with Gasteiger partial charge in [0.15, 0.2) is 17.2 Å². The van der Waals surface area contributed by atoms with Gasteiger partial charge in [-0.1, -0.05) is 30.3 Å². The minimum absolute atomic E-state index is 0.249. The monoisotopic (exact) mass is 387 g/mol. The second-order valence-electron chi connectivity index (χ2n) is 7.80. The average molecular weight is 387 g/mol. The Hall–Kier alpha value is -3.61.